The van der Waals surface area contributed by atoms with Crippen LogP contribution in [0.2, 0.25) is 0 Å². The van der Waals surface area contributed by atoms with Crippen LogP contribution in [-0.4, -0.2) is 64.3 Å². The molecular formula is C19H22FN3O3. The topological polar surface area (TPSA) is 60.9 Å². The zero-order valence-electron chi connectivity index (χ0n) is 14.6. The van der Waals surface area contributed by atoms with Crippen LogP contribution in [0.15, 0.2) is 24.3 Å². The van der Waals surface area contributed by atoms with Crippen LogP contribution in [0.5, 0.6) is 0 Å². The van der Waals surface area contributed by atoms with Crippen molar-refractivity contribution in [1.82, 2.24) is 14.7 Å². The molecule has 0 unspecified atom stereocenters. The second kappa shape index (κ2) is 6.70. The summed E-state index contributed by atoms with van der Waals surface area (Å²) >= 11 is 0. The fourth-order valence-electron chi connectivity index (χ4n) is 4.28. The van der Waals surface area contributed by atoms with E-state index in [-0.39, 0.29) is 36.0 Å². The molecule has 0 spiro atoms. The monoisotopic (exact) mass is 359 g/mol. The van der Waals surface area contributed by atoms with Crippen molar-refractivity contribution in [3.05, 3.63) is 35.6 Å². The highest BCUT2D eigenvalue weighted by Gasteiger charge is 2.50. The third-order valence-electron chi connectivity index (χ3n) is 5.65. The number of carbonyl (C=O) groups is 3. The Balaban J connectivity index is 1.50. The van der Waals surface area contributed by atoms with Crippen LogP contribution in [-0.2, 0) is 4.79 Å². The van der Waals surface area contributed by atoms with E-state index in [1.807, 2.05) is 0 Å². The highest BCUT2D eigenvalue weighted by Crippen LogP contribution is 2.30. The van der Waals surface area contributed by atoms with Crippen LogP contribution in [0, 0.1) is 5.82 Å². The number of hydrogen-bond acceptors (Lipinski definition) is 3. The highest BCUT2D eigenvalue weighted by molar-refractivity contribution is 6.05. The number of benzene rings is 1. The molecule has 3 fully saturated rings. The first-order valence-corrected chi connectivity index (χ1v) is 9.25. The number of hydrogen-bond donors (Lipinski definition) is 0. The number of amides is 4. The average molecular weight is 359 g/mol. The number of piperazine rings is 1. The molecule has 0 aromatic heterocycles. The van der Waals surface area contributed by atoms with E-state index in [2.05, 4.69) is 0 Å². The van der Waals surface area contributed by atoms with E-state index in [1.165, 1.54) is 23.1 Å². The molecule has 1 atom stereocenters. The summed E-state index contributed by atoms with van der Waals surface area (Å²) in [5, 5.41) is 0. The zero-order chi connectivity index (χ0) is 18.3. The maximum atomic E-state index is 13.4. The molecule has 1 aliphatic carbocycles. The molecule has 138 valence electrons. The SMILES string of the molecule is O=C(c1cccc(F)c1)N1CCN2C(=O)N(C3CCCCC3)C(=O)[C@@H]2C1. The molecule has 2 heterocycles. The van der Waals surface area contributed by atoms with E-state index in [4.69, 9.17) is 0 Å². The van der Waals surface area contributed by atoms with Crippen molar-refractivity contribution in [1.29, 1.82) is 0 Å². The Morgan fingerprint density at radius 1 is 1.08 bits per heavy atom. The third-order valence-corrected chi connectivity index (χ3v) is 5.65. The minimum absolute atomic E-state index is 0.0123. The standard InChI is InChI=1S/C19H22FN3O3/c20-14-6-4-5-13(11-14)17(24)21-9-10-22-16(12-21)18(25)23(19(22)26)15-7-2-1-3-8-15/h4-6,11,15-16H,1-3,7-10,12H2/t16-/m0/s1. The van der Waals surface area contributed by atoms with Gasteiger partial charge in [0.1, 0.15) is 11.9 Å². The van der Waals surface area contributed by atoms with Gasteiger partial charge in [0, 0.05) is 24.7 Å². The summed E-state index contributed by atoms with van der Waals surface area (Å²) in [6.07, 6.45) is 4.96. The van der Waals surface area contributed by atoms with Crippen LogP contribution < -0.4 is 0 Å². The van der Waals surface area contributed by atoms with Crippen LogP contribution in [0.4, 0.5) is 9.18 Å². The largest absolute Gasteiger partial charge is 0.334 e. The van der Waals surface area contributed by atoms with Crippen molar-refractivity contribution < 1.29 is 18.8 Å². The van der Waals surface area contributed by atoms with Gasteiger partial charge in [0.25, 0.3) is 11.8 Å². The van der Waals surface area contributed by atoms with Crippen molar-refractivity contribution in [2.45, 2.75) is 44.2 Å². The van der Waals surface area contributed by atoms with Gasteiger partial charge in [-0.25, -0.2) is 9.18 Å². The molecule has 1 aromatic carbocycles. The number of fused-ring (bicyclic) bond motifs is 1. The summed E-state index contributed by atoms with van der Waals surface area (Å²) in [5.41, 5.74) is 0.263. The highest BCUT2D eigenvalue weighted by atomic mass is 19.1. The molecule has 0 radical (unpaired) electrons. The summed E-state index contributed by atoms with van der Waals surface area (Å²) in [6.45, 7) is 0.853. The number of urea groups is 1. The van der Waals surface area contributed by atoms with Gasteiger partial charge in [-0.2, -0.15) is 0 Å². The molecule has 0 bridgehead atoms. The van der Waals surface area contributed by atoms with Crippen molar-refractivity contribution >= 4 is 17.8 Å². The maximum absolute atomic E-state index is 13.4. The first-order chi connectivity index (χ1) is 12.6. The van der Waals surface area contributed by atoms with Crippen LogP contribution in [0.3, 0.4) is 0 Å². The predicted molar refractivity (Wildman–Crippen MR) is 91.9 cm³/mol. The van der Waals surface area contributed by atoms with Crippen LogP contribution in [0.1, 0.15) is 42.5 Å². The van der Waals surface area contributed by atoms with E-state index in [1.54, 1.807) is 15.9 Å². The number of halogens is 1. The minimum atomic E-state index is -0.615. The van der Waals surface area contributed by atoms with Gasteiger partial charge in [0.2, 0.25) is 0 Å². The summed E-state index contributed by atoms with van der Waals surface area (Å²) < 4.78 is 13.4. The molecule has 7 heteroatoms. The molecule has 2 saturated heterocycles. The first kappa shape index (κ1) is 17.0. The first-order valence-electron chi connectivity index (χ1n) is 9.25. The maximum Gasteiger partial charge on any atom is 0.327 e. The Kier molecular flexibility index (Phi) is 4.38. The Morgan fingerprint density at radius 2 is 1.85 bits per heavy atom. The van der Waals surface area contributed by atoms with Crippen molar-refractivity contribution in [2.75, 3.05) is 19.6 Å². The van der Waals surface area contributed by atoms with Gasteiger partial charge < -0.3 is 9.80 Å². The Labute approximate surface area is 151 Å². The second-order valence-corrected chi connectivity index (χ2v) is 7.25. The summed E-state index contributed by atoms with van der Waals surface area (Å²) in [5.74, 6) is -0.968. The quantitative estimate of drug-likeness (QED) is 0.761. The molecular weight excluding hydrogens is 337 g/mol. The summed E-state index contributed by atoms with van der Waals surface area (Å²) in [6, 6.07) is 4.70. The van der Waals surface area contributed by atoms with Crippen molar-refractivity contribution in [2.24, 2.45) is 0 Å². The van der Waals surface area contributed by atoms with E-state index >= 15 is 0 Å². The molecule has 6 nitrogen and oxygen atoms in total. The van der Waals surface area contributed by atoms with Crippen LogP contribution >= 0.6 is 0 Å². The van der Waals surface area contributed by atoms with E-state index < -0.39 is 11.9 Å². The minimum Gasteiger partial charge on any atom is -0.334 e. The lowest BCUT2D eigenvalue weighted by molar-refractivity contribution is -0.131. The number of rotatable bonds is 2. The molecule has 0 N–H and O–H groups in total. The molecule has 1 saturated carbocycles. The van der Waals surface area contributed by atoms with Gasteiger partial charge in [-0.05, 0) is 31.0 Å². The predicted octanol–water partition coefficient (Wildman–Crippen LogP) is 2.25. The molecule has 26 heavy (non-hydrogen) atoms. The van der Waals surface area contributed by atoms with Crippen LogP contribution in [0.25, 0.3) is 0 Å². The van der Waals surface area contributed by atoms with Gasteiger partial charge in [-0.1, -0.05) is 25.3 Å². The van der Waals surface area contributed by atoms with Gasteiger partial charge in [-0.15, -0.1) is 0 Å². The molecule has 4 amide bonds. The third kappa shape index (κ3) is 2.85. The van der Waals surface area contributed by atoms with Gasteiger partial charge in [-0.3, -0.25) is 14.5 Å². The zero-order valence-corrected chi connectivity index (χ0v) is 14.6. The lowest BCUT2D eigenvalue weighted by Gasteiger charge is -2.35. The number of nitrogens with zero attached hydrogens (tertiary/aromatic N) is 3. The van der Waals surface area contributed by atoms with Gasteiger partial charge in [0.05, 0.1) is 6.54 Å². The molecule has 1 aromatic rings. The van der Waals surface area contributed by atoms with E-state index in [0.29, 0.717) is 13.1 Å². The Morgan fingerprint density at radius 3 is 2.58 bits per heavy atom. The van der Waals surface area contributed by atoms with Crippen molar-refractivity contribution in [3.8, 4) is 0 Å². The lowest BCUT2D eigenvalue weighted by atomic mass is 9.94. The normalized spacial score (nSPS) is 24.2. The lowest BCUT2D eigenvalue weighted by Crippen LogP contribution is -2.54. The summed E-state index contributed by atoms with van der Waals surface area (Å²) in [4.78, 5) is 42.8. The van der Waals surface area contributed by atoms with E-state index in [9.17, 15) is 18.8 Å². The molecule has 2 aliphatic heterocycles. The Hall–Kier alpha value is -2.44. The molecule has 4 rings (SSSR count). The average Bonchev–Trinajstić information content (AvgIpc) is 2.92. The van der Waals surface area contributed by atoms with Gasteiger partial charge >= 0.3 is 6.03 Å². The number of carbonyl (C=O) groups excluding carboxylic acids is 3. The van der Waals surface area contributed by atoms with Gasteiger partial charge in [0.15, 0.2) is 0 Å². The van der Waals surface area contributed by atoms with E-state index in [0.717, 1.165) is 32.1 Å². The summed E-state index contributed by atoms with van der Waals surface area (Å²) in [7, 11) is 0. The molecule has 3 aliphatic rings. The fourth-order valence-corrected chi connectivity index (χ4v) is 4.28. The second-order valence-electron chi connectivity index (χ2n) is 7.25. The Bertz CT molecular complexity index is 747. The fraction of sp³-hybridized carbons (Fsp3) is 0.526. The van der Waals surface area contributed by atoms with Crippen molar-refractivity contribution in [3.63, 3.8) is 0 Å². The smallest absolute Gasteiger partial charge is 0.327 e. The number of imide groups is 1.